The van der Waals surface area contributed by atoms with Crippen molar-refractivity contribution in [2.24, 2.45) is 5.92 Å². The van der Waals surface area contributed by atoms with Gasteiger partial charge in [0.2, 0.25) is 0 Å². The number of hydrogen-bond donors (Lipinski definition) is 4. The van der Waals surface area contributed by atoms with Gasteiger partial charge in [0.25, 0.3) is 0 Å². The second-order valence-corrected chi connectivity index (χ2v) is 3.32. The average Bonchev–Trinajstić information content (AvgIpc) is 2.13. The number of carbonyl (C=O) groups is 1. The van der Waals surface area contributed by atoms with Gasteiger partial charge in [0.1, 0.15) is 17.8 Å². The summed E-state index contributed by atoms with van der Waals surface area (Å²) in [7, 11) is 0. The Bertz CT molecular complexity index is 170. The Morgan fingerprint density at radius 2 is 1.85 bits per heavy atom. The fourth-order valence-electron chi connectivity index (χ4n) is 1.18. The van der Waals surface area contributed by atoms with Crippen LogP contribution in [-0.2, 0) is 4.79 Å². The summed E-state index contributed by atoms with van der Waals surface area (Å²) in [6.07, 6.45) is -3.10. The van der Waals surface area contributed by atoms with E-state index < -0.39 is 30.3 Å². The maximum atomic E-state index is 10.3. The fraction of sp³-hybridized carbons (Fsp3) is 0.875. The lowest BCUT2D eigenvalue weighted by atomic mass is 9.81. The highest BCUT2D eigenvalue weighted by Crippen LogP contribution is 2.24. The molecule has 0 bridgehead atoms. The molecule has 0 rings (SSSR count). The Morgan fingerprint density at radius 3 is 2.08 bits per heavy atom. The maximum Gasteiger partial charge on any atom is 0.151 e. The summed E-state index contributed by atoms with van der Waals surface area (Å²) in [5.74, 6) is -0.546. The van der Waals surface area contributed by atoms with Gasteiger partial charge < -0.3 is 25.2 Å². The van der Waals surface area contributed by atoms with Crippen LogP contribution in [0.4, 0.5) is 0 Å². The molecule has 0 aromatic rings. The van der Waals surface area contributed by atoms with E-state index >= 15 is 0 Å². The minimum atomic E-state index is -1.99. The van der Waals surface area contributed by atoms with E-state index in [1.165, 1.54) is 13.8 Å². The zero-order valence-electron chi connectivity index (χ0n) is 7.71. The fourth-order valence-corrected chi connectivity index (χ4v) is 1.18. The summed E-state index contributed by atoms with van der Waals surface area (Å²) in [4.78, 5) is 10.3. The smallest absolute Gasteiger partial charge is 0.151 e. The van der Waals surface area contributed by atoms with Gasteiger partial charge in [-0.05, 0) is 5.92 Å². The molecule has 0 aromatic heterocycles. The zero-order chi connectivity index (χ0) is 10.6. The van der Waals surface area contributed by atoms with Crippen LogP contribution in [0.2, 0.25) is 0 Å². The number of aliphatic hydroxyl groups excluding tert-OH is 3. The van der Waals surface area contributed by atoms with Crippen molar-refractivity contribution in [3.05, 3.63) is 0 Å². The van der Waals surface area contributed by atoms with Gasteiger partial charge in [0.15, 0.2) is 6.29 Å². The van der Waals surface area contributed by atoms with Crippen molar-refractivity contribution in [2.45, 2.75) is 31.7 Å². The van der Waals surface area contributed by atoms with Crippen LogP contribution in [0.15, 0.2) is 0 Å². The number of rotatable bonds is 5. The lowest BCUT2D eigenvalue weighted by Crippen LogP contribution is -2.58. The van der Waals surface area contributed by atoms with Crippen molar-refractivity contribution in [1.82, 2.24) is 0 Å². The molecular formula is C8H16O5. The average molecular weight is 192 g/mol. The van der Waals surface area contributed by atoms with E-state index in [2.05, 4.69) is 0 Å². The van der Waals surface area contributed by atoms with Crippen LogP contribution >= 0.6 is 0 Å². The topological polar surface area (TPSA) is 98.0 Å². The molecule has 0 aliphatic carbocycles. The molecule has 0 aromatic carbocycles. The monoisotopic (exact) mass is 192 g/mol. The molecule has 0 unspecified atom stereocenters. The predicted molar refractivity (Wildman–Crippen MR) is 45.0 cm³/mol. The Hall–Kier alpha value is -0.490. The third kappa shape index (κ3) is 2.25. The minimum Gasteiger partial charge on any atom is -0.394 e. The normalized spacial score (nSPS) is 20.8. The summed E-state index contributed by atoms with van der Waals surface area (Å²) in [6.45, 7) is 2.36. The molecule has 0 aliphatic heterocycles. The second-order valence-electron chi connectivity index (χ2n) is 3.32. The predicted octanol–water partition coefficient (Wildman–Crippen LogP) is -1.71. The second kappa shape index (κ2) is 4.66. The molecule has 5 nitrogen and oxygen atoms in total. The van der Waals surface area contributed by atoms with Gasteiger partial charge in [0, 0.05) is 0 Å². The lowest BCUT2D eigenvalue weighted by Gasteiger charge is -2.37. The molecule has 3 atom stereocenters. The standard InChI is InChI=1S/C8H16O5/c1-5(2)8(13,6(11)3-9)7(12)4-10/h3,5-7,10-13H,4H2,1-2H3/t6-,7-,8+/m1/s1. The molecule has 5 heteroatoms. The molecule has 0 amide bonds. The summed E-state index contributed by atoms with van der Waals surface area (Å²) in [5.41, 5.74) is -1.99. The van der Waals surface area contributed by atoms with Crippen LogP contribution in [0, 0.1) is 5.92 Å². The van der Waals surface area contributed by atoms with Crippen molar-refractivity contribution in [2.75, 3.05) is 6.61 Å². The van der Waals surface area contributed by atoms with Gasteiger partial charge in [-0.2, -0.15) is 0 Å². The molecular weight excluding hydrogens is 176 g/mol. The van der Waals surface area contributed by atoms with Crippen LogP contribution < -0.4 is 0 Å². The highest BCUT2D eigenvalue weighted by atomic mass is 16.4. The first-order valence-corrected chi connectivity index (χ1v) is 4.05. The largest absolute Gasteiger partial charge is 0.394 e. The Morgan fingerprint density at radius 1 is 1.38 bits per heavy atom. The van der Waals surface area contributed by atoms with E-state index in [4.69, 9.17) is 10.2 Å². The van der Waals surface area contributed by atoms with Crippen molar-refractivity contribution < 1.29 is 25.2 Å². The highest BCUT2D eigenvalue weighted by Gasteiger charge is 2.45. The van der Waals surface area contributed by atoms with E-state index in [-0.39, 0.29) is 6.29 Å². The molecule has 0 saturated heterocycles. The molecule has 0 heterocycles. The van der Waals surface area contributed by atoms with Crippen molar-refractivity contribution in [1.29, 1.82) is 0 Å². The molecule has 13 heavy (non-hydrogen) atoms. The number of aliphatic hydroxyl groups is 4. The van der Waals surface area contributed by atoms with Gasteiger partial charge in [0.05, 0.1) is 6.61 Å². The molecule has 0 aliphatic rings. The van der Waals surface area contributed by atoms with E-state index in [0.717, 1.165) is 0 Å². The third-order valence-corrected chi connectivity index (χ3v) is 2.23. The van der Waals surface area contributed by atoms with E-state index in [1.807, 2.05) is 0 Å². The molecule has 4 N–H and O–H groups in total. The first kappa shape index (κ1) is 12.5. The molecule has 78 valence electrons. The Labute approximate surface area is 76.6 Å². The third-order valence-electron chi connectivity index (χ3n) is 2.23. The van der Waals surface area contributed by atoms with Crippen LogP contribution in [0.1, 0.15) is 13.8 Å². The van der Waals surface area contributed by atoms with Crippen LogP contribution in [0.25, 0.3) is 0 Å². The van der Waals surface area contributed by atoms with Crippen molar-refractivity contribution >= 4 is 6.29 Å². The van der Waals surface area contributed by atoms with Gasteiger partial charge in [-0.3, -0.25) is 0 Å². The SMILES string of the molecule is CC(C)[C@](O)([C@H](O)C=O)[C@H](O)CO. The number of hydrogen-bond acceptors (Lipinski definition) is 5. The Balaban J connectivity index is 4.81. The van der Waals surface area contributed by atoms with Gasteiger partial charge in [-0.25, -0.2) is 0 Å². The number of aldehydes is 1. The Kier molecular flexibility index (Phi) is 4.49. The molecule has 0 spiro atoms. The summed E-state index contributed by atoms with van der Waals surface area (Å²) >= 11 is 0. The maximum absolute atomic E-state index is 10.3. The van der Waals surface area contributed by atoms with E-state index in [1.54, 1.807) is 0 Å². The first-order valence-electron chi connectivity index (χ1n) is 4.05. The zero-order valence-corrected chi connectivity index (χ0v) is 7.71. The highest BCUT2D eigenvalue weighted by molar-refractivity contribution is 5.58. The lowest BCUT2D eigenvalue weighted by molar-refractivity contribution is -0.180. The summed E-state index contributed by atoms with van der Waals surface area (Å²) < 4.78 is 0. The van der Waals surface area contributed by atoms with E-state index in [9.17, 15) is 15.0 Å². The van der Waals surface area contributed by atoms with Gasteiger partial charge in [-0.1, -0.05) is 13.8 Å². The van der Waals surface area contributed by atoms with Crippen LogP contribution in [0.5, 0.6) is 0 Å². The molecule has 0 fully saturated rings. The molecule has 0 radical (unpaired) electrons. The van der Waals surface area contributed by atoms with Gasteiger partial charge >= 0.3 is 0 Å². The van der Waals surface area contributed by atoms with Crippen LogP contribution in [0.3, 0.4) is 0 Å². The molecule has 0 saturated carbocycles. The number of carbonyl (C=O) groups excluding carboxylic acids is 1. The van der Waals surface area contributed by atoms with Crippen LogP contribution in [-0.4, -0.2) is 51.1 Å². The minimum absolute atomic E-state index is 0.138. The summed E-state index contributed by atoms with van der Waals surface area (Å²) in [6, 6.07) is 0. The quantitative estimate of drug-likeness (QED) is 0.389. The van der Waals surface area contributed by atoms with Crippen molar-refractivity contribution in [3.8, 4) is 0 Å². The summed E-state index contributed by atoms with van der Waals surface area (Å²) in [5, 5.41) is 36.8. The van der Waals surface area contributed by atoms with Gasteiger partial charge in [-0.15, -0.1) is 0 Å². The van der Waals surface area contributed by atoms with Crippen molar-refractivity contribution in [3.63, 3.8) is 0 Å². The van der Waals surface area contributed by atoms with E-state index in [0.29, 0.717) is 0 Å². The first-order chi connectivity index (χ1) is 5.91.